The van der Waals surface area contributed by atoms with Crippen molar-refractivity contribution in [2.75, 3.05) is 19.6 Å². The molecule has 0 spiro atoms. The quantitative estimate of drug-likeness (QED) is 0.864. The Hall–Kier alpha value is -1.07. The van der Waals surface area contributed by atoms with Crippen molar-refractivity contribution in [3.63, 3.8) is 0 Å². The lowest BCUT2D eigenvalue weighted by Gasteiger charge is -2.42. The number of likely N-dealkylation sites (tertiary alicyclic amines) is 1. The minimum atomic E-state index is -1.43. The van der Waals surface area contributed by atoms with Gasteiger partial charge in [-0.25, -0.2) is 13.2 Å². The molecular formula is C15H21F3N2. The van der Waals surface area contributed by atoms with Gasteiger partial charge in [0.05, 0.1) is 0 Å². The van der Waals surface area contributed by atoms with E-state index in [0.717, 1.165) is 38.1 Å². The van der Waals surface area contributed by atoms with Crippen molar-refractivity contribution in [2.24, 2.45) is 11.1 Å². The van der Waals surface area contributed by atoms with Gasteiger partial charge in [0.2, 0.25) is 0 Å². The standard InChI is InChI=1S/C15H21F3N2/c1-15(2)4-3-5-20(9-15)13(8-19)10-6-11(16)14(18)12(17)7-10/h6-7,13H,3-5,8-9,19H2,1-2H3. The van der Waals surface area contributed by atoms with Crippen LogP contribution >= 0.6 is 0 Å². The Balaban J connectivity index is 2.28. The molecule has 2 N–H and O–H groups in total. The Kier molecular flexibility index (Phi) is 4.39. The van der Waals surface area contributed by atoms with Crippen LogP contribution in [0.4, 0.5) is 13.2 Å². The molecule has 2 nitrogen and oxygen atoms in total. The van der Waals surface area contributed by atoms with E-state index in [4.69, 9.17) is 5.73 Å². The fraction of sp³-hybridized carbons (Fsp3) is 0.600. The zero-order valence-electron chi connectivity index (χ0n) is 11.9. The van der Waals surface area contributed by atoms with Crippen molar-refractivity contribution in [3.05, 3.63) is 35.1 Å². The summed E-state index contributed by atoms with van der Waals surface area (Å²) >= 11 is 0. The summed E-state index contributed by atoms with van der Waals surface area (Å²) in [5.41, 5.74) is 6.34. The molecule has 5 heteroatoms. The molecule has 1 saturated heterocycles. The van der Waals surface area contributed by atoms with E-state index < -0.39 is 17.5 Å². The Bertz CT molecular complexity index is 465. The minimum Gasteiger partial charge on any atom is -0.329 e. The third kappa shape index (κ3) is 3.15. The highest BCUT2D eigenvalue weighted by Gasteiger charge is 2.31. The molecule has 2 rings (SSSR count). The molecule has 112 valence electrons. The third-order valence-corrected chi connectivity index (χ3v) is 3.98. The molecule has 1 fully saturated rings. The molecular weight excluding hydrogens is 265 g/mol. The first-order chi connectivity index (χ1) is 9.34. The second-order valence-electron chi connectivity index (χ2n) is 6.29. The van der Waals surface area contributed by atoms with Crippen molar-refractivity contribution in [3.8, 4) is 0 Å². The number of benzene rings is 1. The van der Waals surface area contributed by atoms with E-state index in [1.807, 2.05) is 0 Å². The highest BCUT2D eigenvalue weighted by atomic mass is 19.2. The van der Waals surface area contributed by atoms with Crippen molar-refractivity contribution in [1.82, 2.24) is 4.90 Å². The topological polar surface area (TPSA) is 29.3 Å². The summed E-state index contributed by atoms with van der Waals surface area (Å²) in [6, 6.07) is 1.83. The van der Waals surface area contributed by atoms with Gasteiger partial charge in [-0.3, -0.25) is 4.90 Å². The molecule has 0 aliphatic carbocycles. The maximum Gasteiger partial charge on any atom is 0.194 e. The fourth-order valence-electron chi connectivity index (χ4n) is 3.00. The van der Waals surface area contributed by atoms with Gasteiger partial charge in [0, 0.05) is 19.1 Å². The van der Waals surface area contributed by atoms with E-state index in [0.29, 0.717) is 5.56 Å². The van der Waals surface area contributed by atoms with E-state index in [2.05, 4.69) is 18.7 Å². The zero-order chi connectivity index (χ0) is 14.9. The molecule has 20 heavy (non-hydrogen) atoms. The lowest BCUT2D eigenvalue weighted by Crippen LogP contribution is -2.44. The number of nitrogens with zero attached hydrogens (tertiary/aromatic N) is 1. The van der Waals surface area contributed by atoms with Crippen molar-refractivity contribution < 1.29 is 13.2 Å². The Morgan fingerprint density at radius 1 is 1.25 bits per heavy atom. The minimum absolute atomic E-state index is 0.156. The molecule has 1 heterocycles. The van der Waals surface area contributed by atoms with E-state index in [1.165, 1.54) is 0 Å². The first-order valence-corrected chi connectivity index (χ1v) is 6.92. The molecule has 0 aromatic heterocycles. The average Bonchev–Trinajstić information content (AvgIpc) is 2.35. The van der Waals surface area contributed by atoms with Gasteiger partial charge in [-0.2, -0.15) is 0 Å². The van der Waals surface area contributed by atoms with Crippen LogP contribution in [0.5, 0.6) is 0 Å². The van der Waals surface area contributed by atoms with Gasteiger partial charge in [-0.05, 0) is 42.5 Å². The summed E-state index contributed by atoms with van der Waals surface area (Å²) in [6.07, 6.45) is 2.14. The summed E-state index contributed by atoms with van der Waals surface area (Å²) in [7, 11) is 0. The van der Waals surface area contributed by atoms with Gasteiger partial charge in [0.25, 0.3) is 0 Å². The maximum absolute atomic E-state index is 13.4. The number of halogens is 3. The number of nitrogens with two attached hydrogens (primary N) is 1. The van der Waals surface area contributed by atoms with E-state index >= 15 is 0 Å². The molecule has 1 aliphatic rings. The van der Waals surface area contributed by atoms with Crippen molar-refractivity contribution in [1.29, 1.82) is 0 Å². The van der Waals surface area contributed by atoms with Gasteiger partial charge >= 0.3 is 0 Å². The van der Waals surface area contributed by atoms with Crippen LogP contribution < -0.4 is 5.73 Å². The molecule has 1 aliphatic heterocycles. The van der Waals surface area contributed by atoms with Gasteiger partial charge in [-0.1, -0.05) is 13.8 Å². The van der Waals surface area contributed by atoms with Gasteiger partial charge in [-0.15, -0.1) is 0 Å². The van der Waals surface area contributed by atoms with Gasteiger partial charge < -0.3 is 5.73 Å². The number of piperidine rings is 1. The predicted octanol–water partition coefficient (Wildman–Crippen LogP) is 3.23. The summed E-state index contributed by atoms with van der Waals surface area (Å²) in [4.78, 5) is 2.13. The highest BCUT2D eigenvalue weighted by molar-refractivity contribution is 5.23. The van der Waals surface area contributed by atoms with Crippen molar-refractivity contribution in [2.45, 2.75) is 32.7 Å². The van der Waals surface area contributed by atoms with E-state index in [9.17, 15) is 13.2 Å². The Morgan fingerprint density at radius 2 is 1.85 bits per heavy atom. The first kappa shape index (κ1) is 15.3. The van der Waals surface area contributed by atoms with Crippen LogP contribution in [0.15, 0.2) is 12.1 Å². The molecule has 0 saturated carbocycles. The average molecular weight is 286 g/mol. The lowest BCUT2D eigenvalue weighted by molar-refractivity contribution is 0.0803. The SMILES string of the molecule is CC1(C)CCCN(C(CN)c2cc(F)c(F)c(F)c2)C1. The molecule has 1 aromatic rings. The zero-order valence-corrected chi connectivity index (χ0v) is 11.9. The first-order valence-electron chi connectivity index (χ1n) is 6.92. The number of hydrogen-bond acceptors (Lipinski definition) is 2. The number of hydrogen-bond donors (Lipinski definition) is 1. The number of rotatable bonds is 3. The van der Waals surface area contributed by atoms with Crippen LogP contribution in [0, 0.1) is 22.9 Å². The molecule has 1 aromatic carbocycles. The monoisotopic (exact) mass is 286 g/mol. The highest BCUT2D eigenvalue weighted by Crippen LogP contribution is 2.33. The normalized spacial score (nSPS) is 20.9. The van der Waals surface area contributed by atoms with Crippen LogP contribution in [-0.4, -0.2) is 24.5 Å². The molecule has 0 radical (unpaired) electrons. The summed E-state index contributed by atoms with van der Waals surface area (Å²) < 4.78 is 39.8. The summed E-state index contributed by atoms with van der Waals surface area (Å²) in [6.45, 7) is 6.24. The fourth-order valence-corrected chi connectivity index (χ4v) is 3.00. The van der Waals surface area contributed by atoms with Crippen LogP contribution in [0.25, 0.3) is 0 Å². The van der Waals surface area contributed by atoms with Crippen LogP contribution in [0.1, 0.15) is 38.3 Å². The largest absolute Gasteiger partial charge is 0.329 e. The van der Waals surface area contributed by atoms with E-state index in [-0.39, 0.29) is 18.0 Å². The summed E-state index contributed by atoms with van der Waals surface area (Å²) in [5.74, 6) is -3.74. The Labute approximate surface area is 117 Å². The molecule has 0 bridgehead atoms. The maximum atomic E-state index is 13.4. The lowest BCUT2D eigenvalue weighted by atomic mass is 9.83. The second-order valence-corrected chi connectivity index (χ2v) is 6.29. The van der Waals surface area contributed by atoms with Crippen LogP contribution in [0.3, 0.4) is 0 Å². The molecule has 1 unspecified atom stereocenters. The smallest absolute Gasteiger partial charge is 0.194 e. The molecule has 1 atom stereocenters. The molecule has 0 amide bonds. The Morgan fingerprint density at radius 3 is 2.35 bits per heavy atom. The summed E-state index contributed by atoms with van der Waals surface area (Å²) in [5, 5.41) is 0. The van der Waals surface area contributed by atoms with Crippen LogP contribution in [0.2, 0.25) is 0 Å². The van der Waals surface area contributed by atoms with Crippen LogP contribution in [-0.2, 0) is 0 Å². The van der Waals surface area contributed by atoms with Crippen molar-refractivity contribution >= 4 is 0 Å². The van der Waals surface area contributed by atoms with Gasteiger partial charge in [0.15, 0.2) is 17.5 Å². The van der Waals surface area contributed by atoms with Gasteiger partial charge in [0.1, 0.15) is 0 Å². The predicted molar refractivity (Wildman–Crippen MR) is 72.7 cm³/mol. The van der Waals surface area contributed by atoms with E-state index in [1.54, 1.807) is 0 Å². The third-order valence-electron chi connectivity index (χ3n) is 3.98. The second kappa shape index (κ2) is 5.74.